The smallest absolute Gasteiger partial charge is 0.262 e. The van der Waals surface area contributed by atoms with Crippen molar-refractivity contribution in [3.63, 3.8) is 0 Å². The average molecular weight is 227 g/mol. The monoisotopic (exact) mass is 227 g/mol. The molecule has 0 unspecified atom stereocenters. The lowest BCUT2D eigenvalue weighted by Crippen LogP contribution is -2.30. The highest BCUT2D eigenvalue weighted by Crippen LogP contribution is 2.30. The third-order valence-electron chi connectivity index (χ3n) is 2.49. The molecule has 0 spiro atoms. The number of nitrogens with two attached hydrogens (primary N) is 1. The summed E-state index contributed by atoms with van der Waals surface area (Å²) < 4.78 is 25.4. The molecule has 0 radical (unpaired) electrons. The van der Waals surface area contributed by atoms with E-state index in [0.29, 0.717) is 0 Å². The van der Waals surface area contributed by atoms with Crippen molar-refractivity contribution in [3.05, 3.63) is 18.3 Å². The van der Waals surface area contributed by atoms with Crippen LogP contribution in [0.3, 0.4) is 0 Å². The van der Waals surface area contributed by atoms with E-state index in [2.05, 4.69) is 4.98 Å². The van der Waals surface area contributed by atoms with Gasteiger partial charge in [0, 0.05) is 19.3 Å². The molecule has 2 rings (SSSR count). The van der Waals surface area contributed by atoms with Gasteiger partial charge < -0.3 is 5.73 Å². The van der Waals surface area contributed by atoms with Gasteiger partial charge in [-0.15, -0.1) is 0 Å². The molecule has 2 N–H and O–H groups in total. The second kappa shape index (κ2) is 3.46. The predicted molar refractivity (Wildman–Crippen MR) is 56.6 cm³/mol. The van der Waals surface area contributed by atoms with Crippen LogP contribution < -0.4 is 5.73 Å². The summed E-state index contributed by atoms with van der Waals surface area (Å²) in [6.45, 7) is 0. The minimum atomic E-state index is -3.51. The molecule has 0 amide bonds. The Morgan fingerprint density at radius 3 is 2.73 bits per heavy atom. The van der Waals surface area contributed by atoms with E-state index in [1.165, 1.54) is 10.5 Å². The number of nitrogen functional groups attached to an aromatic ring is 1. The lowest BCUT2D eigenvalue weighted by molar-refractivity contribution is 0.462. The highest BCUT2D eigenvalue weighted by Gasteiger charge is 2.36. The van der Waals surface area contributed by atoms with Gasteiger partial charge >= 0.3 is 0 Å². The van der Waals surface area contributed by atoms with Crippen LogP contribution in [-0.2, 0) is 10.0 Å². The number of hydrogen-bond acceptors (Lipinski definition) is 4. The fourth-order valence-corrected chi connectivity index (χ4v) is 2.83. The van der Waals surface area contributed by atoms with E-state index in [9.17, 15) is 8.42 Å². The molecule has 1 saturated carbocycles. The van der Waals surface area contributed by atoms with Crippen LogP contribution in [0.2, 0.25) is 0 Å². The molecule has 82 valence electrons. The van der Waals surface area contributed by atoms with E-state index in [1.54, 1.807) is 19.2 Å². The Morgan fingerprint density at radius 2 is 2.20 bits per heavy atom. The highest BCUT2D eigenvalue weighted by atomic mass is 32.2. The summed E-state index contributed by atoms with van der Waals surface area (Å²) in [4.78, 5) is 3.83. The third-order valence-corrected chi connectivity index (χ3v) is 4.37. The molecule has 1 heterocycles. The molecule has 1 fully saturated rings. The summed E-state index contributed by atoms with van der Waals surface area (Å²) >= 11 is 0. The zero-order valence-corrected chi connectivity index (χ0v) is 9.24. The Hall–Kier alpha value is -1.14. The Morgan fingerprint density at radius 1 is 1.53 bits per heavy atom. The van der Waals surface area contributed by atoms with Gasteiger partial charge in [-0.1, -0.05) is 0 Å². The van der Waals surface area contributed by atoms with Gasteiger partial charge in [0.25, 0.3) is 10.0 Å². The summed E-state index contributed by atoms with van der Waals surface area (Å²) in [7, 11) is -1.94. The van der Waals surface area contributed by atoms with Crippen molar-refractivity contribution < 1.29 is 8.42 Å². The number of hydrogen-bond donors (Lipinski definition) is 1. The maximum Gasteiger partial charge on any atom is 0.262 e. The van der Waals surface area contributed by atoms with Crippen molar-refractivity contribution in [2.24, 2.45) is 0 Å². The molecule has 0 atom stereocenters. The standard InChI is InChI=1S/C9H13N3O2S/c1-12(7-4-5-7)15(13,14)9-8(10)3-2-6-11-9/h2-3,6-7H,4-5,10H2,1H3. The number of sulfonamides is 1. The molecular weight excluding hydrogens is 214 g/mol. The number of pyridine rings is 1. The first-order valence-electron chi connectivity index (χ1n) is 4.72. The molecule has 1 aliphatic carbocycles. The first-order chi connectivity index (χ1) is 7.03. The zero-order chi connectivity index (χ0) is 11.1. The number of rotatable bonds is 3. The van der Waals surface area contributed by atoms with Gasteiger partial charge in [-0.3, -0.25) is 0 Å². The van der Waals surface area contributed by atoms with Gasteiger partial charge in [0.05, 0.1) is 5.69 Å². The molecule has 1 aromatic heterocycles. The fourth-order valence-electron chi connectivity index (χ4n) is 1.39. The van der Waals surface area contributed by atoms with Crippen LogP contribution in [0, 0.1) is 0 Å². The van der Waals surface area contributed by atoms with E-state index >= 15 is 0 Å². The Labute approximate surface area is 89.0 Å². The number of anilines is 1. The van der Waals surface area contributed by atoms with Crippen LogP contribution in [0.5, 0.6) is 0 Å². The quantitative estimate of drug-likeness (QED) is 0.813. The van der Waals surface area contributed by atoms with Crippen molar-refractivity contribution in [2.45, 2.75) is 23.9 Å². The van der Waals surface area contributed by atoms with Crippen LogP contribution in [0.25, 0.3) is 0 Å². The Kier molecular flexibility index (Phi) is 2.40. The van der Waals surface area contributed by atoms with Crippen LogP contribution in [0.1, 0.15) is 12.8 Å². The highest BCUT2D eigenvalue weighted by molar-refractivity contribution is 7.89. The fraction of sp³-hybridized carbons (Fsp3) is 0.444. The summed E-state index contributed by atoms with van der Waals surface area (Å²) in [5.74, 6) is 0. The van der Waals surface area contributed by atoms with Gasteiger partial charge in [-0.2, -0.15) is 4.31 Å². The molecular formula is C9H13N3O2S. The summed E-state index contributed by atoms with van der Waals surface area (Å²) in [5, 5.41) is -0.0422. The van der Waals surface area contributed by atoms with Gasteiger partial charge in [0.2, 0.25) is 0 Å². The lowest BCUT2D eigenvalue weighted by Gasteiger charge is -2.16. The first-order valence-corrected chi connectivity index (χ1v) is 6.16. The molecule has 0 aromatic carbocycles. The topological polar surface area (TPSA) is 76.3 Å². The predicted octanol–water partition coefficient (Wildman–Crippen LogP) is 0.447. The lowest BCUT2D eigenvalue weighted by atomic mass is 10.4. The molecule has 0 aliphatic heterocycles. The molecule has 1 aromatic rings. The SMILES string of the molecule is CN(C1CC1)S(=O)(=O)c1ncccc1N. The Balaban J connectivity index is 2.41. The van der Waals surface area contributed by atoms with Gasteiger partial charge in [-0.25, -0.2) is 13.4 Å². The maximum absolute atomic E-state index is 12.0. The average Bonchev–Trinajstić information content (AvgIpc) is 3.00. The van der Waals surface area contributed by atoms with Crippen molar-refractivity contribution >= 4 is 15.7 Å². The van der Waals surface area contributed by atoms with Crippen LogP contribution in [-0.4, -0.2) is 30.8 Å². The van der Waals surface area contributed by atoms with Gasteiger partial charge in [0.1, 0.15) is 0 Å². The van der Waals surface area contributed by atoms with Crippen molar-refractivity contribution in [2.75, 3.05) is 12.8 Å². The van der Waals surface area contributed by atoms with Gasteiger partial charge in [-0.05, 0) is 25.0 Å². The molecule has 6 heteroatoms. The number of aromatic nitrogens is 1. The second-order valence-corrected chi connectivity index (χ2v) is 5.56. The third kappa shape index (κ3) is 1.82. The molecule has 5 nitrogen and oxygen atoms in total. The van der Waals surface area contributed by atoms with Crippen LogP contribution >= 0.6 is 0 Å². The number of nitrogens with zero attached hydrogens (tertiary/aromatic N) is 2. The van der Waals surface area contributed by atoms with Crippen LogP contribution in [0.4, 0.5) is 5.69 Å². The molecule has 1 aliphatic rings. The van der Waals surface area contributed by atoms with Crippen molar-refractivity contribution in [1.29, 1.82) is 0 Å². The largest absolute Gasteiger partial charge is 0.396 e. The van der Waals surface area contributed by atoms with Crippen molar-refractivity contribution in [3.8, 4) is 0 Å². The van der Waals surface area contributed by atoms with E-state index in [-0.39, 0.29) is 16.8 Å². The Bertz CT molecular complexity index is 468. The second-order valence-electron chi connectivity index (χ2n) is 3.65. The molecule has 0 bridgehead atoms. The molecule has 0 saturated heterocycles. The van der Waals surface area contributed by atoms with E-state index in [1.807, 2.05) is 0 Å². The van der Waals surface area contributed by atoms with Gasteiger partial charge in [0.15, 0.2) is 5.03 Å². The summed E-state index contributed by atoms with van der Waals surface area (Å²) in [6.07, 6.45) is 3.27. The maximum atomic E-state index is 12.0. The van der Waals surface area contributed by atoms with E-state index in [4.69, 9.17) is 5.73 Å². The minimum absolute atomic E-state index is 0.0422. The van der Waals surface area contributed by atoms with Crippen molar-refractivity contribution in [1.82, 2.24) is 9.29 Å². The van der Waals surface area contributed by atoms with Crippen LogP contribution in [0.15, 0.2) is 23.4 Å². The van der Waals surface area contributed by atoms with E-state index in [0.717, 1.165) is 12.8 Å². The zero-order valence-electron chi connectivity index (χ0n) is 8.42. The summed E-state index contributed by atoms with van der Waals surface area (Å²) in [5.41, 5.74) is 5.80. The normalized spacial score (nSPS) is 16.9. The summed E-state index contributed by atoms with van der Waals surface area (Å²) in [6, 6.07) is 3.28. The minimum Gasteiger partial charge on any atom is -0.396 e. The first kappa shape index (κ1) is 10.4. The van der Waals surface area contributed by atoms with E-state index < -0.39 is 10.0 Å². The molecule has 15 heavy (non-hydrogen) atoms.